The summed E-state index contributed by atoms with van der Waals surface area (Å²) in [5.74, 6) is -0.172. The molecule has 126 valence electrons. The summed E-state index contributed by atoms with van der Waals surface area (Å²) in [6, 6.07) is 15.6. The van der Waals surface area contributed by atoms with Crippen LogP contribution >= 0.6 is 22.7 Å². The van der Waals surface area contributed by atoms with E-state index in [1.165, 1.54) is 9.40 Å². The second-order valence-electron chi connectivity index (χ2n) is 5.83. The highest BCUT2D eigenvalue weighted by molar-refractivity contribution is 7.17. The van der Waals surface area contributed by atoms with Gasteiger partial charge in [0.1, 0.15) is 0 Å². The van der Waals surface area contributed by atoms with Gasteiger partial charge >= 0.3 is 6.03 Å². The van der Waals surface area contributed by atoms with Crippen LogP contribution in [0.5, 0.6) is 0 Å². The molecule has 2 amide bonds. The summed E-state index contributed by atoms with van der Waals surface area (Å²) >= 11 is 3.36. The van der Waals surface area contributed by atoms with E-state index in [1.54, 1.807) is 22.7 Å². The number of benzene rings is 2. The first kappa shape index (κ1) is 16.1. The van der Waals surface area contributed by atoms with Crippen LogP contribution in [0.25, 0.3) is 20.2 Å². The van der Waals surface area contributed by atoms with Crippen LogP contribution in [0, 0.1) is 0 Å². The number of nitrogens with two attached hydrogens (primary N) is 1. The molecular weight excluding hydrogens is 352 g/mol. The maximum Gasteiger partial charge on any atom is 0.338 e. The van der Waals surface area contributed by atoms with Crippen molar-refractivity contribution in [2.24, 2.45) is 5.73 Å². The van der Waals surface area contributed by atoms with E-state index in [1.807, 2.05) is 12.1 Å². The molecule has 0 fully saturated rings. The minimum absolute atomic E-state index is 0.110. The lowest BCUT2D eigenvalue weighted by molar-refractivity contribution is -0.0413. The average molecular weight is 368 g/mol. The van der Waals surface area contributed by atoms with Gasteiger partial charge in [-0.2, -0.15) is 0 Å². The molecule has 2 aromatic heterocycles. The first-order chi connectivity index (χ1) is 12.1. The number of carbonyl (C=O) groups excluding carboxylic acids is 1. The zero-order valence-corrected chi connectivity index (χ0v) is 14.9. The number of nitrogens with zero attached hydrogens (tertiary/aromatic N) is 1. The van der Waals surface area contributed by atoms with Crippen molar-refractivity contribution in [1.82, 2.24) is 5.06 Å². The second-order valence-corrected chi connectivity index (χ2v) is 7.73. The van der Waals surface area contributed by atoms with Crippen LogP contribution in [0.1, 0.15) is 17.0 Å². The van der Waals surface area contributed by atoms with Gasteiger partial charge in [-0.3, -0.25) is 5.21 Å². The van der Waals surface area contributed by atoms with Gasteiger partial charge in [0.2, 0.25) is 0 Å². The molecule has 4 aromatic rings. The van der Waals surface area contributed by atoms with E-state index < -0.39 is 6.03 Å². The Kier molecular flexibility index (Phi) is 4.17. The molecule has 0 aliphatic rings. The Bertz CT molecular complexity index is 980. The molecule has 0 atom stereocenters. The zero-order chi connectivity index (χ0) is 17.4. The smallest absolute Gasteiger partial charge is 0.338 e. The Balaban J connectivity index is 1.92. The number of rotatable bonds is 4. The Morgan fingerprint density at radius 3 is 1.96 bits per heavy atom. The highest BCUT2D eigenvalue weighted by Crippen LogP contribution is 2.37. The summed E-state index contributed by atoms with van der Waals surface area (Å²) in [4.78, 5) is 11.4. The fourth-order valence-corrected chi connectivity index (χ4v) is 4.91. The van der Waals surface area contributed by atoms with Crippen LogP contribution in [0.3, 0.4) is 0 Å². The SMILES string of the molecule is NC(=O)N(O)CC(c1cccc2sccc12)c1cccc2sccc12. The summed E-state index contributed by atoms with van der Waals surface area (Å²) in [7, 11) is 0. The molecule has 0 aliphatic carbocycles. The number of carbonyl (C=O) groups is 1. The lowest BCUT2D eigenvalue weighted by Gasteiger charge is -2.23. The molecule has 0 bridgehead atoms. The van der Waals surface area contributed by atoms with E-state index >= 15 is 0 Å². The molecule has 0 radical (unpaired) electrons. The molecule has 6 heteroatoms. The number of fused-ring (bicyclic) bond motifs is 2. The van der Waals surface area contributed by atoms with Crippen molar-refractivity contribution in [2.75, 3.05) is 6.54 Å². The highest BCUT2D eigenvalue weighted by atomic mass is 32.1. The number of primary amides is 1. The maximum atomic E-state index is 11.4. The zero-order valence-electron chi connectivity index (χ0n) is 13.3. The number of hydrogen-bond acceptors (Lipinski definition) is 4. The van der Waals surface area contributed by atoms with Crippen LogP contribution < -0.4 is 5.73 Å². The van der Waals surface area contributed by atoms with Crippen LogP contribution in [0.15, 0.2) is 59.3 Å². The topological polar surface area (TPSA) is 66.6 Å². The second kappa shape index (κ2) is 6.48. The van der Waals surface area contributed by atoms with E-state index in [-0.39, 0.29) is 12.5 Å². The fourth-order valence-electron chi connectivity index (χ4n) is 3.27. The molecule has 2 heterocycles. The van der Waals surface area contributed by atoms with Crippen LogP contribution in [-0.4, -0.2) is 22.8 Å². The van der Waals surface area contributed by atoms with E-state index in [0.717, 1.165) is 21.9 Å². The highest BCUT2D eigenvalue weighted by Gasteiger charge is 2.23. The predicted octanol–water partition coefficient (Wildman–Crippen LogP) is 5.02. The molecule has 0 unspecified atom stereocenters. The number of thiophene rings is 2. The van der Waals surface area contributed by atoms with Crippen molar-refractivity contribution in [2.45, 2.75) is 5.92 Å². The lowest BCUT2D eigenvalue weighted by atomic mass is 9.87. The Morgan fingerprint density at radius 2 is 1.48 bits per heavy atom. The molecule has 0 saturated heterocycles. The molecule has 25 heavy (non-hydrogen) atoms. The first-order valence-electron chi connectivity index (χ1n) is 7.83. The predicted molar refractivity (Wildman–Crippen MR) is 104 cm³/mol. The summed E-state index contributed by atoms with van der Waals surface area (Å²) in [6.45, 7) is 0.110. The van der Waals surface area contributed by atoms with E-state index in [9.17, 15) is 10.0 Å². The third-order valence-electron chi connectivity index (χ3n) is 4.42. The number of amides is 2. The minimum Gasteiger partial charge on any atom is -0.350 e. The van der Waals surface area contributed by atoms with Crippen molar-refractivity contribution in [3.63, 3.8) is 0 Å². The summed E-state index contributed by atoms with van der Waals surface area (Å²) in [5.41, 5.74) is 7.43. The molecule has 4 nitrogen and oxygen atoms in total. The number of hydrogen-bond donors (Lipinski definition) is 2. The summed E-state index contributed by atoms with van der Waals surface area (Å²) in [6.07, 6.45) is 0. The van der Waals surface area contributed by atoms with Crippen molar-refractivity contribution >= 4 is 48.9 Å². The fraction of sp³-hybridized carbons (Fsp3) is 0.105. The first-order valence-corrected chi connectivity index (χ1v) is 9.59. The maximum absolute atomic E-state index is 11.4. The monoisotopic (exact) mass is 368 g/mol. The number of urea groups is 1. The largest absolute Gasteiger partial charge is 0.350 e. The molecule has 2 aromatic carbocycles. The quantitative estimate of drug-likeness (QED) is 0.392. The van der Waals surface area contributed by atoms with Gasteiger partial charge in [0, 0.05) is 15.3 Å². The molecular formula is C19H16N2O2S2. The van der Waals surface area contributed by atoms with Crippen LogP contribution in [0.2, 0.25) is 0 Å². The van der Waals surface area contributed by atoms with Gasteiger partial charge in [-0.05, 0) is 56.9 Å². The Hall–Kier alpha value is -2.41. The molecule has 0 spiro atoms. The number of hydroxylamine groups is 2. The van der Waals surface area contributed by atoms with Gasteiger partial charge in [-0.1, -0.05) is 24.3 Å². The Labute approximate surface area is 152 Å². The van der Waals surface area contributed by atoms with Crippen molar-refractivity contribution in [3.05, 3.63) is 70.4 Å². The van der Waals surface area contributed by atoms with E-state index in [0.29, 0.717) is 5.06 Å². The van der Waals surface area contributed by atoms with Gasteiger partial charge in [0.25, 0.3) is 0 Å². The van der Waals surface area contributed by atoms with E-state index in [2.05, 4.69) is 47.2 Å². The van der Waals surface area contributed by atoms with Gasteiger partial charge in [-0.15, -0.1) is 22.7 Å². The normalized spacial score (nSPS) is 11.4. The summed E-state index contributed by atoms with van der Waals surface area (Å²) in [5, 5.41) is 17.0. The van der Waals surface area contributed by atoms with Crippen molar-refractivity contribution in [1.29, 1.82) is 0 Å². The third-order valence-corrected chi connectivity index (χ3v) is 6.18. The van der Waals surface area contributed by atoms with Gasteiger partial charge in [-0.25, -0.2) is 9.86 Å². The van der Waals surface area contributed by atoms with Crippen LogP contribution in [-0.2, 0) is 0 Å². The third kappa shape index (κ3) is 2.89. The van der Waals surface area contributed by atoms with E-state index in [4.69, 9.17) is 5.73 Å². The minimum atomic E-state index is -0.847. The van der Waals surface area contributed by atoms with Gasteiger partial charge in [0.15, 0.2) is 0 Å². The summed E-state index contributed by atoms with van der Waals surface area (Å²) < 4.78 is 2.37. The average Bonchev–Trinajstić information content (AvgIpc) is 3.27. The van der Waals surface area contributed by atoms with Gasteiger partial charge in [0.05, 0.1) is 6.54 Å². The lowest BCUT2D eigenvalue weighted by Crippen LogP contribution is -2.36. The van der Waals surface area contributed by atoms with Crippen LogP contribution in [0.4, 0.5) is 4.79 Å². The van der Waals surface area contributed by atoms with Crippen molar-refractivity contribution < 1.29 is 10.0 Å². The Morgan fingerprint density at radius 1 is 0.960 bits per heavy atom. The molecule has 4 rings (SSSR count). The van der Waals surface area contributed by atoms with Crippen molar-refractivity contribution in [3.8, 4) is 0 Å². The van der Waals surface area contributed by atoms with Gasteiger partial charge < -0.3 is 5.73 Å². The molecule has 0 aliphatic heterocycles. The molecule has 3 N–H and O–H groups in total. The standard InChI is InChI=1S/C19H16N2O2S2/c20-19(22)21(23)11-16(12-3-1-5-17-14(12)7-9-24-17)13-4-2-6-18-15(13)8-10-25-18/h1-10,16,23H,11H2,(H2,20,22). The molecule has 0 saturated carbocycles.